The normalized spacial score (nSPS) is 16.6. The van der Waals surface area contributed by atoms with Crippen LogP contribution in [0, 0.1) is 18.2 Å². The summed E-state index contributed by atoms with van der Waals surface area (Å²) in [5.74, 6) is -0.872. The summed E-state index contributed by atoms with van der Waals surface area (Å²) in [6.07, 6.45) is 5.99. The van der Waals surface area contributed by atoms with Gasteiger partial charge in [0.15, 0.2) is 11.5 Å². The Morgan fingerprint density at radius 1 is 1.15 bits per heavy atom. The van der Waals surface area contributed by atoms with E-state index >= 15 is 0 Å². The van der Waals surface area contributed by atoms with Gasteiger partial charge >= 0.3 is 6.09 Å². The highest BCUT2D eigenvalue weighted by molar-refractivity contribution is 6.14. The zero-order chi connectivity index (χ0) is 28.4. The highest BCUT2D eigenvalue weighted by atomic mass is 19.1. The van der Waals surface area contributed by atoms with E-state index in [-0.39, 0.29) is 23.1 Å². The Morgan fingerprint density at radius 3 is 2.65 bits per heavy atom. The smallest absolute Gasteiger partial charge is 0.410 e. The molecule has 2 aliphatic rings. The van der Waals surface area contributed by atoms with Gasteiger partial charge in [-0.05, 0) is 53.2 Å². The van der Waals surface area contributed by atoms with Crippen LogP contribution in [-0.2, 0) is 11.3 Å². The molecule has 2 fully saturated rings. The number of halogens is 1. The number of fused-ring (bicyclic) bond motifs is 2. The molecule has 0 radical (unpaired) electrons. The van der Waals surface area contributed by atoms with Gasteiger partial charge in [0.05, 0.1) is 16.9 Å². The third kappa shape index (κ3) is 4.63. The Labute approximate surface area is 231 Å². The lowest BCUT2D eigenvalue weighted by molar-refractivity contribution is 0.0265. The van der Waals surface area contributed by atoms with Crippen LogP contribution in [-0.4, -0.2) is 67.8 Å². The summed E-state index contributed by atoms with van der Waals surface area (Å²) in [7, 11) is 0. The second kappa shape index (κ2) is 9.21. The molecule has 0 saturated carbocycles. The van der Waals surface area contributed by atoms with Gasteiger partial charge in [-0.15, -0.1) is 0 Å². The summed E-state index contributed by atoms with van der Waals surface area (Å²) >= 11 is 0. The van der Waals surface area contributed by atoms with Crippen LogP contribution in [0.15, 0.2) is 36.8 Å². The maximum absolute atomic E-state index is 14.6. The third-order valence-corrected chi connectivity index (χ3v) is 7.64. The van der Waals surface area contributed by atoms with Crippen molar-refractivity contribution in [2.24, 2.45) is 5.41 Å². The first kappa shape index (κ1) is 26.1. The Bertz CT molecular complexity index is 1640. The van der Waals surface area contributed by atoms with Crippen molar-refractivity contribution in [1.82, 2.24) is 24.1 Å². The predicted octanol–water partition coefficient (Wildman–Crippen LogP) is 4.85. The quantitative estimate of drug-likeness (QED) is 0.392. The van der Waals surface area contributed by atoms with Crippen molar-refractivity contribution in [1.29, 1.82) is 0 Å². The van der Waals surface area contributed by atoms with Gasteiger partial charge in [-0.3, -0.25) is 9.48 Å². The van der Waals surface area contributed by atoms with Gasteiger partial charge in [0, 0.05) is 73.9 Å². The number of rotatable bonds is 4. The Balaban J connectivity index is 1.22. The van der Waals surface area contributed by atoms with E-state index in [4.69, 9.17) is 9.84 Å². The van der Waals surface area contributed by atoms with Crippen LogP contribution in [0.1, 0.15) is 50.2 Å². The molecule has 210 valence electrons. The molecule has 0 atom stereocenters. The van der Waals surface area contributed by atoms with E-state index in [0.29, 0.717) is 42.1 Å². The van der Waals surface area contributed by atoms with E-state index in [1.807, 2.05) is 49.5 Å². The van der Waals surface area contributed by atoms with Crippen LogP contribution in [0.25, 0.3) is 16.6 Å². The number of aromatic nitrogens is 4. The fourth-order valence-electron chi connectivity index (χ4n) is 5.82. The number of pyridine rings is 1. The summed E-state index contributed by atoms with van der Waals surface area (Å²) in [5, 5.41) is 8.41. The summed E-state index contributed by atoms with van der Waals surface area (Å²) in [6, 6.07) is 5.01. The fraction of sp³-hybridized carbons (Fsp3) is 0.448. The van der Waals surface area contributed by atoms with Crippen molar-refractivity contribution in [3.63, 3.8) is 0 Å². The van der Waals surface area contributed by atoms with Gasteiger partial charge < -0.3 is 24.3 Å². The summed E-state index contributed by atoms with van der Waals surface area (Å²) < 4.78 is 23.5. The maximum atomic E-state index is 14.6. The zero-order valence-corrected chi connectivity index (χ0v) is 23.5. The minimum atomic E-state index is -0.517. The number of hydrogen-bond donors (Lipinski definition) is 1. The van der Waals surface area contributed by atoms with Crippen LogP contribution in [0.4, 0.5) is 20.6 Å². The summed E-state index contributed by atoms with van der Waals surface area (Å²) in [6.45, 7) is 13.1. The van der Waals surface area contributed by atoms with Crippen LogP contribution in [0.2, 0.25) is 0 Å². The fourth-order valence-corrected chi connectivity index (χ4v) is 5.82. The molecule has 1 N–H and O–H groups in total. The number of ether oxygens (including phenoxy) is 1. The largest absolute Gasteiger partial charge is 0.444 e. The van der Waals surface area contributed by atoms with Gasteiger partial charge in [0.2, 0.25) is 0 Å². The molecule has 0 aliphatic carbocycles. The van der Waals surface area contributed by atoms with E-state index in [1.54, 1.807) is 29.8 Å². The number of imidazole rings is 1. The minimum Gasteiger partial charge on any atom is -0.444 e. The number of carbonyl (C=O) groups excluding carboxylic acids is 2. The second-order valence-corrected chi connectivity index (χ2v) is 12.0. The molecular weight excluding hydrogens is 513 g/mol. The van der Waals surface area contributed by atoms with Gasteiger partial charge in [-0.25, -0.2) is 14.2 Å². The highest BCUT2D eigenvalue weighted by Gasteiger charge is 2.49. The van der Waals surface area contributed by atoms with Crippen LogP contribution in [0.5, 0.6) is 0 Å². The van der Waals surface area contributed by atoms with Gasteiger partial charge in [-0.1, -0.05) is 0 Å². The number of nitrogens with zero attached hydrogens (tertiary/aromatic N) is 6. The number of carbonyl (C=O) groups is 2. The third-order valence-electron chi connectivity index (χ3n) is 7.64. The topological polar surface area (TPSA) is 97.0 Å². The molecule has 10 nitrogen and oxygen atoms in total. The van der Waals surface area contributed by atoms with E-state index in [0.717, 1.165) is 30.6 Å². The molecule has 0 bridgehead atoms. The van der Waals surface area contributed by atoms with Crippen LogP contribution < -0.4 is 10.2 Å². The number of anilines is 2. The zero-order valence-electron chi connectivity index (χ0n) is 23.5. The number of aryl methyl sites for hydroxylation is 2. The van der Waals surface area contributed by atoms with Gasteiger partial charge in [-0.2, -0.15) is 5.10 Å². The molecule has 2 saturated heterocycles. The Hall–Kier alpha value is -4.15. The van der Waals surface area contributed by atoms with E-state index < -0.39 is 11.4 Å². The number of benzene rings is 1. The first-order valence-electron chi connectivity index (χ1n) is 13.6. The van der Waals surface area contributed by atoms with Crippen molar-refractivity contribution in [3.05, 3.63) is 53.9 Å². The molecule has 1 aromatic carbocycles. The molecule has 4 aromatic rings. The molecule has 0 unspecified atom stereocenters. The SMILES string of the molecule is CCn1cc2c(N3CC4(CCN(C(=O)OC(C)(C)C)C4)C3)ccc(C(=O)Nc3cc(F)c4nc(C)cn4c3)c2n1. The minimum absolute atomic E-state index is 0.0361. The van der Waals surface area contributed by atoms with Crippen molar-refractivity contribution < 1.29 is 18.7 Å². The maximum Gasteiger partial charge on any atom is 0.410 e. The van der Waals surface area contributed by atoms with Crippen molar-refractivity contribution in [2.75, 3.05) is 36.4 Å². The molecule has 1 spiro atoms. The lowest BCUT2D eigenvalue weighted by atomic mass is 9.78. The number of hydrogen-bond acceptors (Lipinski definition) is 6. The highest BCUT2D eigenvalue weighted by Crippen LogP contribution is 2.44. The molecular formula is C29H34FN7O3. The second-order valence-electron chi connectivity index (χ2n) is 12.0. The number of amides is 2. The Morgan fingerprint density at radius 2 is 1.93 bits per heavy atom. The molecule has 6 rings (SSSR count). The average molecular weight is 548 g/mol. The van der Waals surface area contributed by atoms with Gasteiger partial charge in [0.1, 0.15) is 11.1 Å². The molecule has 5 heterocycles. The molecule has 11 heteroatoms. The lowest BCUT2D eigenvalue weighted by Gasteiger charge is -2.49. The van der Waals surface area contributed by atoms with Crippen LogP contribution in [0.3, 0.4) is 0 Å². The van der Waals surface area contributed by atoms with E-state index in [2.05, 4.69) is 15.2 Å². The van der Waals surface area contributed by atoms with E-state index in [9.17, 15) is 14.0 Å². The van der Waals surface area contributed by atoms with Crippen molar-refractivity contribution >= 4 is 39.9 Å². The molecule has 2 aliphatic heterocycles. The lowest BCUT2D eigenvalue weighted by Crippen LogP contribution is -2.58. The van der Waals surface area contributed by atoms with E-state index in [1.165, 1.54) is 6.07 Å². The summed E-state index contributed by atoms with van der Waals surface area (Å²) in [4.78, 5) is 34.2. The average Bonchev–Trinajstić information content (AvgIpc) is 3.57. The number of likely N-dealkylation sites (tertiary alicyclic amines) is 1. The first-order chi connectivity index (χ1) is 18.9. The molecule has 2 amide bonds. The Kier molecular flexibility index (Phi) is 6.01. The first-order valence-corrected chi connectivity index (χ1v) is 13.6. The van der Waals surface area contributed by atoms with Gasteiger partial charge in [0.25, 0.3) is 5.91 Å². The number of nitrogens with one attached hydrogen (secondary N) is 1. The summed E-state index contributed by atoms with van der Waals surface area (Å²) in [5.41, 5.74) is 2.78. The van der Waals surface area contributed by atoms with Crippen LogP contribution >= 0.6 is 0 Å². The standard InChI is InChI=1S/C29H34FN7O3/c1-6-37-14-21-23(36-16-29(17-36)9-10-34(15-29)27(39)40-28(3,4)5)8-7-20(24(21)33-37)26(38)32-19-11-22(30)25-31-18(2)12-35(25)13-19/h7-8,11-14H,6,9-10,15-17H2,1-5H3,(H,32,38). The molecule has 3 aromatic heterocycles. The monoisotopic (exact) mass is 547 g/mol. The van der Waals surface area contributed by atoms with Crippen molar-refractivity contribution in [3.8, 4) is 0 Å². The molecule has 40 heavy (non-hydrogen) atoms. The predicted molar refractivity (Wildman–Crippen MR) is 150 cm³/mol. The van der Waals surface area contributed by atoms with Crippen molar-refractivity contribution in [2.45, 2.75) is 53.2 Å².